The van der Waals surface area contributed by atoms with Gasteiger partial charge in [0.05, 0.1) is 10.5 Å². The maximum atomic E-state index is 12.3. The first kappa shape index (κ1) is 15.9. The Labute approximate surface area is 127 Å². The SMILES string of the molecule is Cc1ccc(Br)cc1S(=O)(=O)NCC1(O)CCOCC1. The Morgan fingerprint density at radius 2 is 2.05 bits per heavy atom. The van der Waals surface area contributed by atoms with Gasteiger partial charge in [0.1, 0.15) is 0 Å². The highest BCUT2D eigenvalue weighted by atomic mass is 79.9. The van der Waals surface area contributed by atoms with Crippen molar-refractivity contribution in [2.24, 2.45) is 0 Å². The zero-order valence-electron chi connectivity index (χ0n) is 11.2. The Morgan fingerprint density at radius 3 is 2.70 bits per heavy atom. The minimum absolute atomic E-state index is 0.00461. The van der Waals surface area contributed by atoms with Crippen molar-refractivity contribution in [1.82, 2.24) is 4.72 Å². The molecule has 0 aromatic heterocycles. The molecule has 0 aliphatic carbocycles. The predicted octanol–water partition coefficient (Wildman–Crippen LogP) is 1.58. The van der Waals surface area contributed by atoms with Crippen LogP contribution in [-0.2, 0) is 14.8 Å². The molecule has 20 heavy (non-hydrogen) atoms. The average Bonchev–Trinajstić information content (AvgIpc) is 2.40. The summed E-state index contributed by atoms with van der Waals surface area (Å²) in [6.07, 6.45) is 0.875. The number of halogens is 1. The molecule has 5 nitrogen and oxygen atoms in total. The quantitative estimate of drug-likeness (QED) is 0.851. The maximum Gasteiger partial charge on any atom is 0.240 e. The van der Waals surface area contributed by atoms with Gasteiger partial charge < -0.3 is 9.84 Å². The molecule has 1 aromatic rings. The highest BCUT2D eigenvalue weighted by molar-refractivity contribution is 9.10. The van der Waals surface area contributed by atoms with E-state index >= 15 is 0 Å². The number of ether oxygens (including phenoxy) is 1. The Morgan fingerprint density at radius 1 is 1.40 bits per heavy atom. The fraction of sp³-hybridized carbons (Fsp3) is 0.538. The van der Waals surface area contributed by atoms with Gasteiger partial charge in [-0.3, -0.25) is 0 Å². The van der Waals surface area contributed by atoms with Gasteiger partial charge in [0.25, 0.3) is 0 Å². The van der Waals surface area contributed by atoms with Crippen molar-refractivity contribution in [3.63, 3.8) is 0 Å². The zero-order chi connectivity index (χ0) is 14.8. The van der Waals surface area contributed by atoms with Crippen molar-refractivity contribution in [2.45, 2.75) is 30.3 Å². The van der Waals surface area contributed by atoms with E-state index < -0.39 is 15.6 Å². The fourth-order valence-corrected chi connectivity index (χ4v) is 4.00. The Balaban J connectivity index is 2.13. The third kappa shape index (κ3) is 3.79. The highest BCUT2D eigenvalue weighted by Gasteiger charge is 2.31. The second kappa shape index (κ2) is 6.11. The normalized spacial score (nSPS) is 18.9. The van der Waals surface area contributed by atoms with Crippen molar-refractivity contribution in [3.05, 3.63) is 28.2 Å². The van der Waals surface area contributed by atoms with Crippen LogP contribution in [0.2, 0.25) is 0 Å². The van der Waals surface area contributed by atoms with Gasteiger partial charge in [-0.1, -0.05) is 22.0 Å². The minimum atomic E-state index is -3.63. The van der Waals surface area contributed by atoms with E-state index in [2.05, 4.69) is 20.7 Å². The van der Waals surface area contributed by atoms with Gasteiger partial charge in [0, 0.05) is 37.1 Å². The van der Waals surface area contributed by atoms with Crippen LogP contribution in [0.15, 0.2) is 27.6 Å². The Hall–Kier alpha value is -0.470. The van der Waals surface area contributed by atoms with Gasteiger partial charge in [-0.05, 0) is 24.6 Å². The van der Waals surface area contributed by atoms with Gasteiger partial charge in [-0.15, -0.1) is 0 Å². The van der Waals surface area contributed by atoms with Crippen molar-refractivity contribution < 1.29 is 18.3 Å². The number of benzene rings is 1. The van der Waals surface area contributed by atoms with Crippen LogP contribution in [0.3, 0.4) is 0 Å². The van der Waals surface area contributed by atoms with Crippen LogP contribution in [-0.4, -0.2) is 38.9 Å². The first-order valence-corrected chi connectivity index (χ1v) is 8.66. The summed E-state index contributed by atoms with van der Waals surface area (Å²) in [5.74, 6) is 0. The molecule has 2 N–H and O–H groups in total. The summed E-state index contributed by atoms with van der Waals surface area (Å²) in [5, 5.41) is 10.3. The number of aliphatic hydroxyl groups is 1. The molecule has 1 saturated heterocycles. The van der Waals surface area contributed by atoms with Crippen LogP contribution in [0.4, 0.5) is 0 Å². The summed E-state index contributed by atoms with van der Waals surface area (Å²) in [6, 6.07) is 5.09. The number of rotatable bonds is 4. The lowest BCUT2D eigenvalue weighted by Gasteiger charge is -2.32. The van der Waals surface area contributed by atoms with Crippen molar-refractivity contribution in [2.75, 3.05) is 19.8 Å². The molecule has 7 heteroatoms. The molecule has 0 atom stereocenters. The average molecular weight is 364 g/mol. The zero-order valence-corrected chi connectivity index (χ0v) is 13.6. The second-order valence-corrected chi connectivity index (χ2v) is 7.72. The molecule has 0 spiro atoms. The Kier molecular flexibility index (Phi) is 4.86. The first-order chi connectivity index (χ1) is 9.32. The summed E-state index contributed by atoms with van der Waals surface area (Å²) in [5.41, 5.74) is -0.356. The maximum absolute atomic E-state index is 12.3. The molecule has 1 aromatic carbocycles. The number of nitrogens with one attached hydrogen (secondary N) is 1. The van der Waals surface area contributed by atoms with Crippen LogP contribution >= 0.6 is 15.9 Å². The lowest BCUT2D eigenvalue weighted by atomic mass is 9.95. The summed E-state index contributed by atoms with van der Waals surface area (Å²) in [6.45, 7) is 2.65. The van der Waals surface area contributed by atoms with Gasteiger partial charge in [-0.2, -0.15) is 0 Å². The summed E-state index contributed by atoms with van der Waals surface area (Å²) in [4.78, 5) is 0.225. The van der Waals surface area contributed by atoms with Crippen molar-refractivity contribution in [1.29, 1.82) is 0 Å². The second-order valence-electron chi connectivity index (χ2n) is 5.07. The Bertz CT molecular complexity index is 582. The molecule has 1 aliphatic heterocycles. The number of aryl methyl sites for hydroxylation is 1. The third-order valence-corrected chi connectivity index (χ3v) is 5.49. The topological polar surface area (TPSA) is 75.6 Å². The number of hydrogen-bond donors (Lipinski definition) is 2. The van der Waals surface area contributed by atoms with Crippen LogP contribution < -0.4 is 4.72 Å². The molecular formula is C13H18BrNO4S. The monoisotopic (exact) mass is 363 g/mol. The van der Waals surface area contributed by atoms with E-state index in [0.717, 1.165) is 0 Å². The molecule has 2 rings (SSSR count). The molecule has 112 valence electrons. The molecular weight excluding hydrogens is 346 g/mol. The third-order valence-electron chi connectivity index (χ3n) is 3.45. The van der Waals surface area contributed by atoms with Crippen LogP contribution in [0.25, 0.3) is 0 Å². The predicted molar refractivity (Wildman–Crippen MR) is 79.1 cm³/mol. The molecule has 0 saturated carbocycles. The molecule has 0 radical (unpaired) electrons. The lowest BCUT2D eigenvalue weighted by molar-refractivity contribution is -0.0588. The van der Waals surface area contributed by atoms with Gasteiger partial charge in [0.15, 0.2) is 0 Å². The smallest absolute Gasteiger partial charge is 0.240 e. The van der Waals surface area contributed by atoms with Crippen LogP contribution in [0.1, 0.15) is 18.4 Å². The van der Waals surface area contributed by atoms with E-state index in [4.69, 9.17) is 4.74 Å². The minimum Gasteiger partial charge on any atom is -0.388 e. The molecule has 1 fully saturated rings. The molecule has 1 heterocycles. The van der Waals surface area contributed by atoms with E-state index in [1.54, 1.807) is 25.1 Å². The molecule has 0 amide bonds. The molecule has 0 unspecified atom stereocenters. The van der Waals surface area contributed by atoms with Gasteiger partial charge in [0.2, 0.25) is 10.0 Å². The van der Waals surface area contributed by atoms with E-state index in [1.165, 1.54) is 0 Å². The lowest BCUT2D eigenvalue weighted by Crippen LogP contribution is -2.46. The van der Waals surface area contributed by atoms with E-state index in [9.17, 15) is 13.5 Å². The van der Waals surface area contributed by atoms with Crippen LogP contribution in [0, 0.1) is 6.92 Å². The fourth-order valence-electron chi connectivity index (χ4n) is 2.10. The molecule has 1 aliphatic rings. The van der Waals surface area contributed by atoms with Gasteiger partial charge >= 0.3 is 0 Å². The molecule has 0 bridgehead atoms. The van der Waals surface area contributed by atoms with Crippen LogP contribution in [0.5, 0.6) is 0 Å². The summed E-state index contributed by atoms with van der Waals surface area (Å²) >= 11 is 3.27. The standard InChI is InChI=1S/C13H18BrNO4S/c1-10-2-3-11(14)8-12(10)20(17,18)15-9-13(16)4-6-19-7-5-13/h2-3,8,15-16H,4-7,9H2,1H3. The van der Waals surface area contributed by atoms with E-state index in [0.29, 0.717) is 36.1 Å². The van der Waals surface area contributed by atoms with E-state index in [-0.39, 0.29) is 11.4 Å². The van der Waals surface area contributed by atoms with Gasteiger partial charge in [-0.25, -0.2) is 13.1 Å². The number of sulfonamides is 1. The summed E-state index contributed by atoms with van der Waals surface area (Å²) < 4.78 is 33.0. The largest absolute Gasteiger partial charge is 0.388 e. The first-order valence-electron chi connectivity index (χ1n) is 6.38. The summed E-state index contributed by atoms with van der Waals surface area (Å²) in [7, 11) is -3.63. The van der Waals surface area contributed by atoms with Crippen molar-refractivity contribution >= 4 is 26.0 Å². The highest BCUT2D eigenvalue weighted by Crippen LogP contribution is 2.23. The van der Waals surface area contributed by atoms with E-state index in [1.807, 2.05) is 0 Å². The number of hydrogen-bond acceptors (Lipinski definition) is 4. The van der Waals surface area contributed by atoms with Crippen molar-refractivity contribution in [3.8, 4) is 0 Å².